The lowest BCUT2D eigenvalue weighted by molar-refractivity contribution is -0.140. The Morgan fingerprint density at radius 2 is 1.43 bits per heavy atom. The summed E-state index contributed by atoms with van der Waals surface area (Å²) in [4.78, 5) is 28.7. The van der Waals surface area contributed by atoms with Crippen molar-refractivity contribution >= 4 is 50.7 Å². The van der Waals surface area contributed by atoms with Crippen LogP contribution in [0.25, 0.3) is 0 Å². The fourth-order valence-corrected chi connectivity index (χ4v) is 6.15. The number of anilines is 1. The molecule has 1 N–H and O–H groups in total. The van der Waals surface area contributed by atoms with Crippen molar-refractivity contribution in [3.05, 3.63) is 93.5 Å². The van der Waals surface area contributed by atoms with Crippen molar-refractivity contribution in [3.8, 4) is 0 Å². The average Bonchev–Trinajstić information content (AvgIpc) is 2.92. The van der Waals surface area contributed by atoms with E-state index in [2.05, 4.69) is 5.32 Å². The Balaban J connectivity index is 2.08. The van der Waals surface area contributed by atoms with Gasteiger partial charge in [-0.05, 0) is 63.1 Å². The zero-order chi connectivity index (χ0) is 29.4. The first-order valence-corrected chi connectivity index (χ1v) is 15.3. The predicted octanol–water partition coefficient (Wildman–Crippen LogP) is 6.14. The smallest absolute Gasteiger partial charge is 0.264 e. The van der Waals surface area contributed by atoms with E-state index in [4.69, 9.17) is 23.2 Å². The van der Waals surface area contributed by atoms with Crippen LogP contribution in [0.5, 0.6) is 0 Å². The highest BCUT2D eigenvalue weighted by Gasteiger charge is 2.34. The zero-order valence-corrected chi connectivity index (χ0v) is 25.5. The van der Waals surface area contributed by atoms with E-state index >= 15 is 0 Å². The topological polar surface area (TPSA) is 86.8 Å². The fraction of sp³-hybridized carbons (Fsp3) is 0.333. The van der Waals surface area contributed by atoms with Crippen LogP contribution in [0.2, 0.25) is 10.0 Å². The third-order valence-corrected chi connectivity index (χ3v) is 9.03. The monoisotopic (exact) mass is 603 g/mol. The third-order valence-electron chi connectivity index (χ3n) is 6.54. The summed E-state index contributed by atoms with van der Waals surface area (Å²) in [7, 11) is -4.14. The average molecular weight is 605 g/mol. The molecule has 1 atom stereocenters. The molecule has 2 amide bonds. The van der Waals surface area contributed by atoms with E-state index in [1.807, 2.05) is 20.8 Å². The van der Waals surface area contributed by atoms with E-state index in [1.54, 1.807) is 61.5 Å². The number of halogens is 2. The molecule has 0 aliphatic rings. The first-order valence-electron chi connectivity index (χ1n) is 13.2. The molecule has 0 bridgehead atoms. The summed E-state index contributed by atoms with van der Waals surface area (Å²) in [6.07, 6.45) is 1.03. The number of rotatable bonds is 12. The Kier molecular flexibility index (Phi) is 11.0. The van der Waals surface area contributed by atoms with Crippen molar-refractivity contribution in [1.29, 1.82) is 0 Å². The van der Waals surface area contributed by atoms with Crippen LogP contribution in [-0.4, -0.2) is 44.3 Å². The molecule has 0 spiro atoms. The second-order valence-corrected chi connectivity index (χ2v) is 12.3. The van der Waals surface area contributed by atoms with Crippen molar-refractivity contribution in [3.63, 3.8) is 0 Å². The molecular weight excluding hydrogens is 569 g/mol. The molecule has 40 heavy (non-hydrogen) atoms. The Morgan fingerprint density at radius 1 is 0.875 bits per heavy atom. The molecular formula is C30H35Cl2N3O4S. The number of benzene rings is 3. The third kappa shape index (κ3) is 7.56. The highest BCUT2D eigenvalue weighted by atomic mass is 35.5. The molecule has 0 aliphatic carbocycles. The van der Waals surface area contributed by atoms with Gasteiger partial charge in [0.05, 0.1) is 10.6 Å². The number of nitrogens with one attached hydrogen (secondary N) is 1. The molecule has 0 aromatic heterocycles. The van der Waals surface area contributed by atoms with Gasteiger partial charge in [-0.25, -0.2) is 8.42 Å². The van der Waals surface area contributed by atoms with Crippen LogP contribution in [0.3, 0.4) is 0 Å². The molecule has 10 heteroatoms. The highest BCUT2D eigenvalue weighted by molar-refractivity contribution is 7.92. The standard InChI is InChI=1S/C30H35Cl2N3O4S/c1-5-18-33-30(37)28(6-2)34(19-25-26(31)8-7-9-27(25)32)29(36)20-35(23-14-10-21(3)11-15-23)40(38,39)24-16-12-22(4)13-17-24/h7-17,28H,5-6,18-20H2,1-4H3,(H,33,37)/t28-/m0/s1. The maximum atomic E-state index is 14.1. The summed E-state index contributed by atoms with van der Waals surface area (Å²) in [5.41, 5.74) is 2.66. The van der Waals surface area contributed by atoms with Gasteiger partial charge >= 0.3 is 0 Å². The van der Waals surface area contributed by atoms with Crippen LogP contribution >= 0.6 is 23.2 Å². The molecule has 0 saturated carbocycles. The van der Waals surface area contributed by atoms with Crippen molar-refractivity contribution < 1.29 is 18.0 Å². The Bertz CT molecular complexity index is 1410. The fourth-order valence-electron chi connectivity index (χ4n) is 4.22. The molecule has 214 valence electrons. The van der Waals surface area contributed by atoms with Crippen molar-refractivity contribution in [1.82, 2.24) is 10.2 Å². The lowest BCUT2D eigenvalue weighted by Crippen LogP contribution is -2.52. The first-order chi connectivity index (χ1) is 19.0. The SMILES string of the molecule is CCCNC(=O)[C@H](CC)N(Cc1c(Cl)cccc1Cl)C(=O)CN(c1ccc(C)cc1)S(=O)(=O)c1ccc(C)cc1. The maximum absolute atomic E-state index is 14.1. The Morgan fingerprint density at radius 3 is 1.95 bits per heavy atom. The number of aryl methyl sites for hydroxylation is 2. The summed E-state index contributed by atoms with van der Waals surface area (Å²) in [5, 5.41) is 3.54. The minimum absolute atomic E-state index is 0.0555. The summed E-state index contributed by atoms with van der Waals surface area (Å²) in [6.45, 7) is 7.34. The quantitative estimate of drug-likeness (QED) is 0.269. The summed E-state index contributed by atoms with van der Waals surface area (Å²) >= 11 is 12.9. The number of nitrogens with zero attached hydrogens (tertiary/aromatic N) is 2. The molecule has 0 fully saturated rings. The normalized spacial score (nSPS) is 12.1. The van der Waals surface area contributed by atoms with Crippen molar-refractivity contribution in [2.45, 2.75) is 58.0 Å². The van der Waals surface area contributed by atoms with Crippen LogP contribution < -0.4 is 9.62 Å². The second kappa shape index (κ2) is 14.0. The van der Waals surface area contributed by atoms with Crippen LogP contribution in [0.1, 0.15) is 43.4 Å². The van der Waals surface area contributed by atoms with Gasteiger partial charge in [0.2, 0.25) is 11.8 Å². The van der Waals surface area contributed by atoms with Crippen molar-refractivity contribution in [2.75, 3.05) is 17.4 Å². The van der Waals surface area contributed by atoms with Gasteiger partial charge in [-0.3, -0.25) is 13.9 Å². The van der Waals surface area contributed by atoms with Gasteiger partial charge in [0.25, 0.3) is 10.0 Å². The van der Waals surface area contributed by atoms with Gasteiger partial charge in [-0.15, -0.1) is 0 Å². The van der Waals surface area contributed by atoms with Gasteiger partial charge < -0.3 is 10.2 Å². The zero-order valence-electron chi connectivity index (χ0n) is 23.2. The second-order valence-electron chi connectivity index (χ2n) is 9.60. The van der Waals surface area contributed by atoms with Gasteiger partial charge in [-0.2, -0.15) is 0 Å². The Labute approximate surface area is 247 Å². The molecule has 3 aromatic rings. The number of carbonyl (C=O) groups excluding carboxylic acids is 2. The van der Waals surface area contributed by atoms with E-state index in [1.165, 1.54) is 17.0 Å². The summed E-state index contributed by atoms with van der Waals surface area (Å²) < 4.78 is 28.9. The number of hydrogen-bond acceptors (Lipinski definition) is 4. The van der Waals surface area contributed by atoms with Crippen LogP contribution in [-0.2, 0) is 26.2 Å². The molecule has 0 unspecified atom stereocenters. The number of amides is 2. The maximum Gasteiger partial charge on any atom is 0.264 e. The van der Waals surface area contributed by atoms with Crippen molar-refractivity contribution in [2.24, 2.45) is 0 Å². The van der Waals surface area contributed by atoms with Gasteiger partial charge in [0.1, 0.15) is 12.6 Å². The van der Waals surface area contributed by atoms with Gasteiger partial charge in [-0.1, -0.05) is 78.5 Å². The Hall–Kier alpha value is -3.07. The predicted molar refractivity (Wildman–Crippen MR) is 161 cm³/mol. The summed E-state index contributed by atoms with van der Waals surface area (Å²) in [6, 6.07) is 17.5. The van der Waals surface area contributed by atoms with Gasteiger partial charge in [0, 0.05) is 28.7 Å². The molecule has 3 aromatic carbocycles. The van der Waals surface area contributed by atoms with Gasteiger partial charge in [0.15, 0.2) is 0 Å². The number of carbonyl (C=O) groups is 2. The van der Waals surface area contributed by atoms with E-state index in [9.17, 15) is 18.0 Å². The van der Waals surface area contributed by atoms with E-state index in [0.717, 1.165) is 21.9 Å². The van der Waals surface area contributed by atoms with Crippen LogP contribution in [0, 0.1) is 13.8 Å². The highest BCUT2D eigenvalue weighted by Crippen LogP contribution is 2.29. The molecule has 7 nitrogen and oxygen atoms in total. The van der Waals surface area contributed by atoms with E-state index in [0.29, 0.717) is 34.3 Å². The minimum atomic E-state index is -4.14. The molecule has 3 rings (SSSR count). The molecule has 0 saturated heterocycles. The molecule has 0 heterocycles. The number of hydrogen-bond donors (Lipinski definition) is 1. The lowest BCUT2D eigenvalue weighted by atomic mass is 10.1. The molecule has 0 radical (unpaired) electrons. The van der Waals surface area contributed by atoms with E-state index < -0.39 is 28.5 Å². The van der Waals surface area contributed by atoms with Crippen LogP contribution in [0.4, 0.5) is 5.69 Å². The molecule has 0 aliphatic heterocycles. The lowest BCUT2D eigenvalue weighted by Gasteiger charge is -2.33. The summed E-state index contributed by atoms with van der Waals surface area (Å²) in [5.74, 6) is -0.894. The van der Waals surface area contributed by atoms with Crippen LogP contribution in [0.15, 0.2) is 71.6 Å². The largest absolute Gasteiger partial charge is 0.354 e. The number of sulfonamides is 1. The van der Waals surface area contributed by atoms with E-state index in [-0.39, 0.29) is 17.3 Å². The minimum Gasteiger partial charge on any atom is -0.354 e. The first kappa shape index (κ1) is 31.5.